The number of ether oxygens (including phenoxy) is 1. The van der Waals surface area contributed by atoms with Crippen LogP contribution < -0.4 is 0 Å². The zero-order valence-electron chi connectivity index (χ0n) is 11.7. The molecule has 1 rings (SSSR count). The van der Waals surface area contributed by atoms with Gasteiger partial charge in [0.1, 0.15) is 6.42 Å². The standard InChI is InChI=1S/C14H12F3NO5/c15-14(16,17)12-4-2-1-3-10(12)5-6-11(19)9-13(20)23-8-7-18(21)22/h1-6H,7-9H2. The van der Waals surface area contributed by atoms with E-state index in [1.165, 1.54) is 18.2 Å². The molecule has 0 amide bonds. The van der Waals surface area contributed by atoms with E-state index in [-0.39, 0.29) is 5.56 Å². The molecule has 124 valence electrons. The zero-order valence-corrected chi connectivity index (χ0v) is 11.7. The summed E-state index contributed by atoms with van der Waals surface area (Å²) in [5.74, 6) is -1.75. The molecule has 9 heteroatoms. The van der Waals surface area contributed by atoms with Crippen LogP contribution in [0.25, 0.3) is 6.08 Å². The van der Waals surface area contributed by atoms with Crippen molar-refractivity contribution in [3.8, 4) is 0 Å². The van der Waals surface area contributed by atoms with Crippen molar-refractivity contribution in [2.45, 2.75) is 12.6 Å². The lowest BCUT2D eigenvalue weighted by Crippen LogP contribution is -2.15. The topological polar surface area (TPSA) is 86.5 Å². The fraction of sp³-hybridized carbons (Fsp3) is 0.286. The summed E-state index contributed by atoms with van der Waals surface area (Å²) in [6.45, 7) is -1.06. The van der Waals surface area contributed by atoms with Crippen molar-refractivity contribution in [2.24, 2.45) is 0 Å². The Balaban J connectivity index is 2.63. The molecule has 0 saturated carbocycles. The smallest absolute Gasteiger partial charge is 0.416 e. The van der Waals surface area contributed by atoms with Crippen LogP contribution in [-0.2, 0) is 20.5 Å². The van der Waals surface area contributed by atoms with Gasteiger partial charge in [-0.3, -0.25) is 19.7 Å². The number of nitro groups is 1. The molecule has 1 aromatic carbocycles. The van der Waals surface area contributed by atoms with Crippen molar-refractivity contribution in [1.29, 1.82) is 0 Å². The molecule has 0 heterocycles. The average molecular weight is 331 g/mol. The maximum atomic E-state index is 12.7. The quantitative estimate of drug-likeness (QED) is 0.252. The van der Waals surface area contributed by atoms with Crippen LogP contribution in [0.5, 0.6) is 0 Å². The van der Waals surface area contributed by atoms with Gasteiger partial charge in [-0.15, -0.1) is 0 Å². The summed E-state index contributed by atoms with van der Waals surface area (Å²) < 4.78 is 42.7. The summed E-state index contributed by atoms with van der Waals surface area (Å²) in [7, 11) is 0. The molecule has 0 fully saturated rings. The molecule has 0 N–H and O–H groups in total. The van der Waals surface area contributed by atoms with Gasteiger partial charge in [0, 0.05) is 4.92 Å². The second-order valence-corrected chi connectivity index (χ2v) is 4.34. The highest BCUT2D eigenvalue weighted by Gasteiger charge is 2.32. The van der Waals surface area contributed by atoms with Crippen LogP contribution in [-0.4, -0.2) is 29.8 Å². The fourth-order valence-electron chi connectivity index (χ4n) is 1.57. The third-order valence-electron chi connectivity index (χ3n) is 2.57. The van der Waals surface area contributed by atoms with E-state index in [4.69, 9.17) is 0 Å². The number of hydrogen-bond acceptors (Lipinski definition) is 5. The van der Waals surface area contributed by atoms with Crippen molar-refractivity contribution >= 4 is 17.8 Å². The first-order valence-corrected chi connectivity index (χ1v) is 6.34. The number of benzene rings is 1. The van der Waals surface area contributed by atoms with Crippen LogP contribution in [0, 0.1) is 10.1 Å². The Kier molecular flexibility index (Phi) is 6.43. The Hall–Kier alpha value is -2.71. The van der Waals surface area contributed by atoms with Crippen LogP contribution >= 0.6 is 0 Å². The highest BCUT2D eigenvalue weighted by Crippen LogP contribution is 2.32. The first kappa shape index (κ1) is 18.3. The van der Waals surface area contributed by atoms with E-state index in [9.17, 15) is 32.9 Å². The number of carbonyl (C=O) groups excluding carboxylic acids is 2. The minimum atomic E-state index is -4.56. The van der Waals surface area contributed by atoms with Crippen molar-refractivity contribution in [2.75, 3.05) is 13.2 Å². The van der Waals surface area contributed by atoms with E-state index >= 15 is 0 Å². The number of allylic oxidation sites excluding steroid dienone is 1. The molecule has 0 bridgehead atoms. The van der Waals surface area contributed by atoms with E-state index < -0.39 is 48.0 Å². The molecule has 0 radical (unpaired) electrons. The number of halogens is 3. The van der Waals surface area contributed by atoms with E-state index in [1.54, 1.807) is 0 Å². The number of nitrogens with zero attached hydrogens (tertiary/aromatic N) is 1. The summed E-state index contributed by atoms with van der Waals surface area (Å²) in [5, 5.41) is 10.0. The predicted octanol–water partition coefficient (Wildman–Crippen LogP) is 2.50. The van der Waals surface area contributed by atoms with Gasteiger partial charge in [0.05, 0.1) is 5.56 Å². The second kappa shape index (κ2) is 8.06. The molecule has 0 aliphatic carbocycles. The van der Waals surface area contributed by atoms with Gasteiger partial charge in [-0.25, -0.2) is 0 Å². The maximum Gasteiger partial charge on any atom is 0.416 e. The first-order valence-electron chi connectivity index (χ1n) is 6.34. The van der Waals surface area contributed by atoms with Crippen LogP contribution in [0.4, 0.5) is 13.2 Å². The summed E-state index contributed by atoms with van der Waals surface area (Å²) >= 11 is 0. The predicted molar refractivity (Wildman–Crippen MR) is 72.9 cm³/mol. The van der Waals surface area contributed by atoms with Gasteiger partial charge in [0.25, 0.3) is 0 Å². The Morgan fingerprint density at radius 3 is 2.52 bits per heavy atom. The zero-order chi connectivity index (χ0) is 17.5. The summed E-state index contributed by atoms with van der Waals surface area (Å²) in [4.78, 5) is 32.0. The molecule has 0 saturated heterocycles. The molecule has 0 aromatic heterocycles. The number of hydrogen-bond donors (Lipinski definition) is 0. The molecular formula is C14H12F3NO5. The number of rotatable bonds is 7. The van der Waals surface area contributed by atoms with Crippen molar-refractivity contribution in [3.63, 3.8) is 0 Å². The third-order valence-corrected chi connectivity index (χ3v) is 2.57. The largest absolute Gasteiger partial charge is 0.458 e. The summed E-state index contributed by atoms with van der Waals surface area (Å²) in [5.41, 5.74) is -1.12. The van der Waals surface area contributed by atoms with Gasteiger partial charge >= 0.3 is 12.1 Å². The van der Waals surface area contributed by atoms with Crippen molar-refractivity contribution < 1.29 is 32.4 Å². The Morgan fingerprint density at radius 2 is 1.91 bits per heavy atom. The Bertz CT molecular complexity index is 625. The van der Waals surface area contributed by atoms with Crippen LogP contribution in [0.2, 0.25) is 0 Å². The number of alkyl halides is 3. The van der Waals surface area contributed by atoms with Gasteiger partial charge in [-0.1, -0.05) is 24.3 Å². The average Bonchev–Trinajstić information content (AvgIpc) is 2.44. The molecule has 0 unspecified atom stereocenters. The number of carbonyl (C=O) groups is 2. The molecule has 0 aliphatic rings. The minimum absolute atomic E-state index is 0.213. The lowest BCUT2D eigenvalue weighted by atomic mass is 10.1. The summed E-state index contributed by atoms with van der Waals surface area (Å²) in [6.07, 6.45) is -3.48. The van der Waals surface area contributed by atoms with Gasteiger partial charge in [-0.05, 0) is 17.7 Å². The number of esters is 1. The summed E-state index contributed by atoms with van der Waals surface area (Å²) in [6, 6.07) is 4.65. The lowest BCUT2D eigenvalue weighted by molar-refractivity contribution is -0.482. The van der Waals surface area contributed by atoms with Gasteiger partial charge < -0.3 is 4.74 Å². The Morgan fingerprint density at radius 1 is 1.26 bits per heavy atom. The van der Waals surface area contributed by atoms with Gasteiger partial charge in [0.15, 0.2) is 12.4 Å². The highest BCUT2D eigenvalue weighted by molar-refractivity contribution is 6.04. The van der Waals surface area contributed by atoms with Gasteiger partial charge in [0.2, 0.25) is 6.54 Å². The van der Waals surface area contributed by atoms with Crippen molar-refractivity contribution in [1.82, 2.24) is 0 Å². The molecule has 23 heavy (non-hydrogen) atoms. The Labute approximate surface area is 128 Å². The van der Waals surface area contributed by atoms with E-state index in [1.807, 2.05) is 0 Å². The lowest BCUT2D eigenvalue weighted by Gasteiger charge is -2.09. The molecule has 1 aromatic rings. The molecule has 0 aliphatic heterocycles. The highest BCUT2D eigenvalue weighted by atomic mass is 19.4. The van der Waals surface area contributed by atoms with Crippen molar-refractivity contribution in [3.05, 3.63) is 51.6 Å². The molecule has 0 atom stereocenters. The van der Waals surface area contributed by atoms with Crippen LogP contribution in [0.3, 0.4) is 0 Å². The number of ketones is 1. The maximum absolute atomic E-state index is 12.7. The fourth-order valence-corrected chi connectivity index (χ4v) is 1.57. The third kappa shape index (κ3) is 6.72. The van der Waals surface area contributed by atoms with E-state index in [0.29, 0.717) is 0 Å². The monoisotopic (exact) mass is 331 g/mol. The SMILES string of the molecule is O=C(C=Cc1ccccc1C(F)(F)F)CC(=O)OCC[N+](=O)[O-]. The molecule has 0 spiro atoms. The normalized spacial score (nSPS) is 11.4. The first-order chi connectivity index (χ1) is 10.7. The van der Waals surface area contributed by atoms with Gasteiger partial charge in [-0.2, -0.15) is 13.2 Å². The van der Waals surface area contributed by atoms with Crippen LogP contribution in [0.1, 0.15) is 17.5 Å². The van der Waals surface area contributed by atoms with E-state index in [0.717, 1.165) is 18.2 Å². The minimum Gasteiger partial charge on any atom is -0.458 e. The second-order valence-electron chi connectivity index (χ2n) is 4.34. The molecular weight excluding hydrogens is 319 g/mol. The molecule has 6 nitrogen and oxygen atoms in total. The van der Waals surface area contributed by atoms with E-state index in [2.05, 4.69) is 4.74 Å². The van der Waals surface area contributed by atoms with Crippen LogP contribution in [0.15, 0.2) is 30.3 Å².